The van der Waals surface area contributed by atoms with Gasteiger partial charge in [0.25, 0.3) is 5.91 Å². The number of hydrogen-bond donors (Lipinski definition) is 1. The zero-order valence-corrected chi connectivity index (χ0v) is 18.2. The maximum absolute atomic E-state index is 13.4. The zero-order valence-electron chi connectivity index (χ0n) is 18.2. The molecule has 0 atom stereocenters. The number of nitrogens with one attached hydrogen (secondary N) is 1. The van der Waals surface area contributed by atoms with Crippen LogP contribution in [0.2, 0.25) is 0 Å². The summed E-state index contributed by atoms with van der Waals surface area (Å²) in [6.45, 7) is 2.96. The molecule has 0 bridgehead atoms. The average molecular weight is 449 g/mol. The average Bonchev–Trinajstić information content (AvgIpc) is 3.41. The third kappa shape index (κ3) is 4.48. The molecule has 8 nitrogen and oxygen atoms in total. The van der Waals surface area contributed by atoms with Crippen LogP contribution >= 0.6 is 0 Å². The van der Waals surface area contributed by atoms with Gasteiger partial charge in [-0.3, -0.25) is 14.5 Å². The van der Waals surface area contributed by atoms with Crippen molar-refractivity contribution in [3.63, 3.8) is 0 Å². The lowest BCUT2D eigenvalue weighted by atomic mass is 10.2. The first-order valence-electron chi connectivity index (χ1n) is 10.8. The predicted molar refractivity (Wildman–Crippen MR) is 121 cm³/mol. The van der Waals surface area contributed by atoms with Crippen LogP contribution < -0.4 is 10.2 Å². The lowest BCUT2D eigenvalue weighted by Gasteiger charge is -2.19. The Morgan fingerprint density at radius 1 is 1.12 bits per heavy atom. The largest absolute Gasteiger partial charge is 0.338 e. The number of halogens is 1. The molecular formula is C24H24FN5O3. The van der Waals surface area contributed by atoms with Crippen LogP contribution in [0, 0.1) is 5.82 Å². The Morgan fingerprint density at radius 3 is 2.52 bits per heavy atom. The van der Waals surface area contributed by atoms with E-state index in [9.17, 15) is 18.8 Å². The van der Waals surface area contributed by atoms with Gasteiger partial charge in [-0.25, -0.2) is 9.18 Å². The Hall–Kier alpha value is -4.01. The van der Waals surface area contributed by atoms with Gasteiger partial charge in [0.05, 0.1) is 24.5 Å². The fourth-order valence-electron chi connectivity index (χ4n) is 3.75. The van der Waals surface area contributed by atoms with Crippen LogP contribution in [0.1, 0.15) is 41.4 Å². The first-order valence-corrected chi connectivity index (χ1v) is 10.8. The van der Waals surface area contributed by atoms with E-state index < -0.39 is 5.82 Å². The van der Waals surface area contributed by atoms with Crippen molar-refractivity contribution in [3.8, 4) is 0 Å². The maximum Gasteiger partial charge on any atom is 0.318 e. The van der Waals surface area contributed by atoms with E-state index in [4.69, 9.17) is 0 Å². The standard InChI is InChI=1S/C24H24FN5O3/c1-2-3-13-26-24(33)28-14-20-21(15-28)30(23(32)17-7-5-4-6-8-17)27-22(20)29(16-31)19-11-9-18(25)10-12-19/h4-12,16H,2-3,13-15H2,1H3,(H,26,33). The Morgan fingerprint density at radius 2 is 1.85 bits per heavy atom. The molecule has 0 radical (unpaired) electrons. The Bertz CT molecular complexity index is 1160. The van der Waals surface area contributed by atoms with Gasteiger partial charge in [0.1, 0.15) is 5.82 Å². The minimum atomic E-state index is -0.436. The number of amides is 3. The summed E-state index contributed by atoms with van der Waals surface area (Å²) >= 11 is 0. The van der Waals surface area contributed by atoms with Crippen molar-refractivity contribution < 1.29 is 18.8 Å². The van der Waals surface area contributed by atoms with Crippen molar-refractivity contribution in [2.75, 3.05) is 11.4 Å². The molecule has 170 valence electrons. The van der Waals surface area contributed by atoms with E-state index in [2.05, 4.69) is 10.4 Å². The van der Waals surface area contributed by atoms with Gasteiger partial charge in [-0.1, -0.05) is 31.5 Å². The van der Waals surface area contributed by atoms with E-state index in [1.807, 2.05) is 6.92 Å². The van der Waals surface area contributed by atoms with Crippen molar-refractivity contribution in [2.45, 2.75) is 32.9 Å². The smallest absolute Gasteiger partial charge is 0.318 e. The molecule has 0 saturated carbocycles. The van der Waals surface area contributed by atoms with E-state index in [0.717, 1.165) is 12.8 Å². The summed E-state index contributed by atoms with van der Waals surface area (Å²) in [4.78, 5) is 40.8. The molecule has 0 spiro atoms. The van der Waals surface area contributed by atoms with Gasteiger partial charge < -0.3 is 10.2 Å². The summed E-state index contributed by atoms with van der Waals surface area (Å²) in [5.74, 6) is -0.564. The fraction of sp³-hybridized carbons (Fsp3) is 0.250. The van der Waals surface area contributed by atoms with E-state index >= 15 is 0 Å². The van der Waals surface area contributed by atoms with Crippen molar-refractivity contribution in [1.82, 2.24) is 20.0 Å². The number of rotatable bonds is 7. The molecule has 0 saturated heterocycles. The molecule has 4 rings (SSSR count). The van der Waals surface area contributed by atoms with Gasteiger partial charge in [0.15, 0.2) is 5.82 Å². The summed E-state index contributed by atoms with van der Waals surface area (Å²) in [5, 5.41) is 7.34. The fourth-order valence-corrected chi connectivity index (χ4v) is 3.75. The van der Waals surface area contributed by atoms with E-state index in [0.29, 0.717) is 35.5 Å². The minimum absolute atomic E-state index is 0.176. The topological polar surface area (TPSA) is 87.5 Å². The molecule has 1 aliphatic rings. The summed E-state index contributed by atoms with van der Waals surface area (Å²) in [6.07, 6.45) is 2.38. The Kier molecular flexibility index (Phi) is 6.48. The molecule has 33 heavy (non-hydrogen) atoms. The van der Waals surface area contributed by atoms with Gasteiger partial charge in [-0.05, 0) is 42.8 Å². The third-order valence-electron chi connectivity index (χ3n) is 5.50. The number of hydrogen-bond acceptors (Lipinski definition) is 4. The molecule has 9 heteroatoms. The van der Waals surface area contributed by atoms with E-state index in [1.54, 1.807) is 35.2 Å². The van der Waals surface area contributed by atoms with Gasteiger partial charge in [-0.15, -0.1) is 5.10 Å². The molecule has 1 aliphatic heterocycles. The van der Waals surface area contributed by atoms with Crippen molar-refractivity contribution >= 4 is 29.9 Å². The van der Waals surface area contributed by atoms with Gasteiger partial charge in [-0.2, -0.15) is 4.68 Å². The number of benzene rings is 2. The quantitative estimate of drug-likeness (QED) is 0.439. The summed E-state index contributed by atoms with van der Waals surface area (Å²) < 4.78 is 14.7. The number of anilines is 2. The van der Waals surface area contributed by atoms with Crippen molar-refractivity contribution in [2.24, 2.45) is 0 Å². The highest BCUT2D eigenvalue weighted by Gasteiger charge is 2.35. The second-order valence-corrected chi connectivity index (χ2v) is 7.73. The van der Waals surface area contributed by atoms with Crippen LogP contribution in [-0.2, 0) is 17.9 Å². The van der Waals surface area contributed by atoms with E-state index in [1.165, 1.54) is 33.8 Å². The molecule has 1 aromatic heterocycles. The monoisotopic (exact) mass is 449 g/mol. The first kappa shape index (κ1) is 22.2. The summed E-state index contributed by atoms with van der Waals surface area (Å²) in [7, 11) is 0. The van der Waals surface area contributed by atoms with Gasteiger partial charge >= 0.3 is 6.03 Å². The number of nitrogens with zero attached hydrogens (tertiary/aromatic N) is 4. The van der Waals surface area contributed by atoms with Crippen LogP contribution in [0.4, 0.5) is 20.7 Å². The molecule has 3 aromatic rings. The second kappa shape index (κ2) is 9.64. The van der Waals surface area contributed by atoms with Crippen molar-refractivity contribution in [3.05, 3.63) is 77.2 Å². The lowest BCUT2D eigenvalue weighted by Crippen LogP contribution is -2.37. The molecule has 0 fully saturated rings. The number of unbranched alkanes of at least 4 members (excludes halogenated alkanes) is 1. The van der Waals surface area contributed by atoms with Crippen LogP contribution in [0.5, 0.6) is 0 Å². The van der Waals surface area contributed by atoms with Crippen LogP contribution in [0.3, 0.4) is 0 Å². The second-order valence-electron chi connectivity index (χ2n) is 7.73. The maximum atomic E-state index is 13.4. The lowest BCUT2D eigenvalue weighted by molar-refractivity contribution is -0.106. The predicted octanol–water partition coefficient (Wildman–Crippen LogP) is 3.83. The van der Waals surface area contributed by atoms with Gasteiger partial charge in [0, 0.05) is 17.7 Å². The highest BCUT2D eigenvalue weighted by molar-refractivity contribution is 5.97. The van der Waals surface area contributed by atoms with Crippen LogP contribution in [-0.4, -0.2) is 39.6 Å². The highest BCUT2D eigenvalue weighted by atomic mass is 19.1. The highest BCUT2D eigenvalue weighted by Crippen LogP contribution is 2.35. The van der Waals surface area contributed by atoms with Crippen LogP contribution in [0.25, 0.3) is 0 Å². The Labute approximate surface area is 190 Å². The van der Waals surface area contributed by atoms with Gasteiger partial charge in [0.2, 0.25) is 6.41 Å². The van der Waals surface area contributed by atoms with Crippen molar-refractivity contribution in [1.29, 1.82) is 0 Å². The number of urea groups is 1. The van der Waals surface area contributed by atoms with Crippen LogP contribution in [0.15, 0.2) is 54.6 Å². The molecule has 1 N–H and O–H groups in total. The molecule has 3 amide bonds. The number of aromatic nitrogens is 2. The molecule has 2 aromatic carbocycles. The third-order valence-corrected chi connectivity index (χ3v) is 5.50. The summed E-state index contributed by atoms with van der Waals surface area (Å²) in [5.41, 5.74) is 1.97. The zero-order chi connectivity index (χ0) is 23.4. The molecule has 2 heterocycles. The molecular weight excluding hydrogens is 425 g/mol. The minimum Gasteiger partial charge on any atom is -0.338 e. The molecule has 0 aliphatic carbocycles. The SMILES string of the molecule is CCCCNC(=O)N1Cc2c(N(C=O)c3ccc(F)cc3)nn(C(=O)c3ccccc3)c2C1. The normalized spacial score (nSPS) is 12.4. The Balaban J connectivity index is 1.72. The number of carbonyl (C=O) groups is 3. The number of fused-ring (bicyclic) bond motifs is 1. The summed E-state index contributed by atoms with van der Waals surface area (Å²) in [6, 6.07) is 13.8. The number of carbonyl (C=O) groups excluding carboxylic acids is 3. The molecule has 0 unspecified atom stereocenters. The first-order chi connectivity index (χ1) is 16.0. The van der Waals surface area contributed by atoms with E-state index in [-0.39, 0.29) is 30.8 Å².